The molecule has 2 rings (SSSR count). The molecule has 0 unspecified atom stereocenters. The summed E-state index contributed by atoms with van der Waals surface area (Å²) in [7, 11) is 0. The number of hydrogen-bond donors (Lipinski definition) is 2. The number of hydrogen-bond acceptors (Lipinski definition) is 2. The fraction of sp³-hybridized carbons (Fsp3) is 0.316. The van der Waals surface area contributed by atoms with Gasteiger partial charge in [-0.3, -0.25) is 0 Å². The predicted octanol–water partition coefficient (Wildman–Crippen LogP) is 3.65. The summed E-state index contributed by atoms with van der Waals surface area (Å²) in [4.78, 5) is 11.6. The van der Waals surface area contributed by atoms with Gasteiger partial charge in [-0.2, -0.15) is 0 Å². The van der Waals surface area contributed by atoms with Crippen molar-refractivity contribution >= 4 is 6.03 Å². The van der Waals surface area contributed by atoms with Gasteiger partial charge in [-0.25, -0.2) is 4.79 Å². The molecule has 0 bridgehead atoms. The molecule has 2 aromatic rings. The van der Waals surface area contributed by atoms with Crippen LogP contribution in [0.3, 0.4) is 0 Å². The Hall–Kier alpha value is -2.49. The number of urea groups is 1. The molecule has 0 saturated heterocycles. The molecular weight excluding hydrogens is 288 g/mol. The molecule has 0 fully saturated rings. The van der Waals surface area contributed by atoms with Gasteiger partial charge in [-0.05, 0) is 43.9 Å². The highest BCUT2D eigenvalue weighted by Gasteiger charge is 1.99. The number of benzene rings is 2. The van der Waals surface area contributed by atoms with Crippen molar-refractivity contribution in [3.63, 3.8) is 0 Å². The maximum absolute atomic E-state index is 11.6. The van der Waals surface area contributed by atoms with Gasteiger partial charge in [0.05, 0.1) is 0 Å². The van der Waals surface area contributed by atoms with Crippen LogP contribution in [-0.2, 0) is 6.42 Å². The van der Waals surface area contributed by atoms with Crippen LogP contribution in [0.2, 0.25) is 0 Å². The van der Waals surface area contributed by atoms with Crippen molar-refractivity contribution in [2.75, 3.05) is 13.3 Å². The standard InChI is InChI=1S/C19H24N2O2/c1-16-10-12-18(13-11-16)23-15-21-19(22)20-14-6-5-9-17-7-3-2-4-8-17/h2-4,7-8,10-13H,5-6,9,14-15H2,1H3,(H2,20,21,22). The number of carbonyl (C=O) groups excluding carboxylic acids is 1. The lowest BCUT2D eigenvalue weighted by molar-refractivity contribution is 0.224. The van der Waals surface area contributed by atoms with E-state index in [1.54, 1.807) is 0 Å². The van der Waals surface area contributed by atoms with E-state index >= 15 is 0 Å². The Morgan fingerprint density at radius 3 is 2.43 bits per heavy atom. The fourth-order valence-electron chi connectivity index (χ4n) is 2.18. The van der Waals surface area contributed by atoms with E-state index in [9.17, 15) is 4.79 Å². The summed E-state index contributed by atoms with van der Waals surface area (Å²) in [6.45, 7) is 2.86. The number of rotatable bonds is 8. The fourth-order valence-corrected chi connectivity index (χ4v) is 2.18. The third-order valence-electron chi connectivity index (χ3n) is 3.51. The van der Waals surface area contributed by atoms with E-state index in [1.165, 1.54) is 11.1 Å². The number of aryl methyl sites for hydroxylation is 2. The van der Waals surface area contributed by atoms with Gasteiger partial charge in [0.15, 0.2) is 6.73 Å². The van der Waals surface area contributed by atoms with Crippen LogP contribution in [0.1, 0.15) is 24.0 Å². The van der Waals surface area contributed by atoms with Crippen LogP contribution >= 0.6 is 0 Å². The molecule has 0 aromatic heterocycles. The van der Waals surface area contributed by atoms with Crippen LogP contribution < -0.4 is 15.4 Å². The minimum atomic E-state index is -0.197. The normalized spacial score (nSPS) is 10.1. The lowest BCUT2D eigenvalue weighted by Gasteiger charge is -2.09. The molecule has 23 heavy (non-hydrogen) atoms. The first-order valence-corrected chi connectivity index (χ1v) is 7.99. The number of unbranched alkanes of at least 4 members (excludes halogenated alkanes) is 1. The van der Waals surface area contributed by atoms with Crippen LogP contribution in [0.4, 0.5) is 4.79 Å². The van der Waals surface area contributed by atoms with Crippen molar-refractivity contribution in [2.45, 2.75) is 26.2 Å². The highest BCUT2D eigenvalue weighted by atomic mass is 16.5. The van der Waals surface area contributed by atoms with Crippen molar-refractivity contribution in [1.82, 2.24) is 10.6 Å². The zero-order chi connectivity index (χ0) is 16.3. The molecule has 0 saturated carbocycles. The molecule has 2 aromatic carbocycles. The smallest absolute Gasteiger partial charge is 0.317 e. The van der Waals surface area contributed by atoms with E-state index in [0.717, 1.165) is 25.0 Å². The van der Waals surface area contributed by atoms with E-state index in [4.69, 9.17) is 4.74 Å². The highest BCUT2D eigenvalue weighted by molar-refractivity contribution is 5.73. The van der Waals surface area contributed by atoms with E-state index in [0.29, 0.717) is 6.54 Å². The third kappa shape index (κ3) is 6.87. The summed E-state index contributed by atoms with van der Waals surface area (Å²) in [5.41, 5.74) is 2.52. The average molecular weight is 312 g/mol. The summed E-state index contributed by atoms with van der Waals surface area (Å²) >= 11 is 0. The monoisotopic (exact) mass is 312 g/mol. The molecule has 0 atom stereocenters. The first kappa shape index (κ1) is 16.9. The van der Waals surface area contributed by atoms with Gasteiger partial charge < -0.3 is 15.4 Å². The van der Waals surface area contributed by atoms with Crippen molar-refractivity contribution in [3.05, 3.63) is 65.7 Å². The van der Waals surface area contributed by atoms with Gasteiger partial charge >= 0.3 is 6.03 Å². The van der Waals surface area contributed by atoms with Gasteiger partial charge in [0.1, 0.15) is 5.75 Å². The molecule has 4 heteroatoms. The van der Waals surface area contributed by atoms with Crippen molar-refractivity contribution in [2.24, 2.45) is 0 Å². The quantitative estimate of drug-likeness (QED) is 0.577. The number of carbonyl (C=O) groups is 1. The molecule has 2 N–H and O–H groups in total. The van der Waals surface area contributed by atoms with Gasteiger partial charge in [-0.1, -0.05) is 48.0 Å². The van der Waals surface area contributed by atoms with Crippen molar-refractivity contribution in [3.8, 4) is 5.75 Å². The zero-order valence-corrected chi connectivity index (χ0v) is 13.5. The minimum absolute atomic E-state index is 0.166. The van der Waals surface area contributed by atoms with E-state index in [2.05, 4.69) is 34.9 Å². The topological polar surface area (TPSA) is 50.4 Å². The second kappa shape index (κ2) is 9.51. The summed E-state index contributed by atoms with van der Waals surface area (Å²) < 4.78 is 5.45. The van der Waals surface area contributed by atoms with Gasteiger partial charge in [0.25, 0.3) is 0 Å². The van der Waals surface area contributed by atoms with E-state index in [1.807, 2.05) is 37.3 Å². The van der Waals surface area contributed by atoms with Gasteiger partial charge in [0.2, 0.25) is 0 Å². The van der Waals surface area contributed by atoms with Crippen LogP contribution in [-0.4, -0.2) is 19.3 Å². The van der Waals surface area contributed by atoms with Crippen molar-refractivity contribution < 1.29 is 9.53 Å². The van der Waals surface area contributed by atoms with Crippen LogP contribution in [0.5, 0.6) is 5.75 Å². The first-order chi connectivity index (χ1) is 11.2. The Balaban J connectivity index is 1.51. The maximum atomic E-state index is 11.6. The Morgan fingerprint density at radius 1 is 0.957 bits per heavy atom. The number of ether oxygens (including phenoxy) is 1. The van der Waals surface area contributed by atoms with Crippen molar-refractivity contribution in [1.29, 1.82) is 0 Å². The SMILES string of the molecule is Cc1ccc(OCNC(=O)NCCCCc2ccccc2)cc1. The molecule has 0 spiro atoms. The maximum Gasteiger partial charge on any atom is 0.317 e. The summed E-state index contributed by atoms with van der Waals surface area (Å²) in [6.07, 6.45) is 3.06. The predicted molar refractivity (Wildman–Crippen MR) is 92.6 cm³/mol. The molecule has 4 nitrogen and oxygen atoms in total. The molecule has 0 aliphatic rings. The average Bonchev–Trinajstić information content (AvgIpc) is 2.57. The Morgan fingerprint density at radius 2 is 1.70 bits per heavy atom. The number of amides is 2. The summed E-state index contributed by atoms with van der Waals surface area (Å²) in [6, 6.07) is 17.9. The van der Waals surface area contributed by atoms with Crippen LogP contribution in [0, 0.1) is 6.92 Å². The third-order valence-corrected chi connectivity index (χ3v) is 3.51. The number of nitrogens with one attached hydrogen (secondary N) is 2. The van der Waals surface area contributed by atoms with Gasteiger partial charge in [-0.15, -0.1) is 0 Å². The van der Waals surface area contributed by atoms with Crippen LogP contribution in [0.25, 0.3) is 0 Å². The molecule has 122 valence electrons. The van der Waals surface area contributed by atoms with Crippen LogP contribution in [0.15, 0.2) is 54.6 Å². The highest BCUT2D eigenvalue weighted by Crippen LogP contribution is 2.10. The molecule has 0 heterocycles. The molecular formula is C19H24N2O2. The largest absolute Gasteiger partial charge is 0.473 e. The Bertz CT molecular complexity index is 582. The molecule has 0 aliphatic heterocycles. The molecule has 2 amide bonds. The molecule has 0 aliphatic carbocycles. The second-order valence-corrected chi connectivity index (χ2v) is 5.48. The second-order valence-electron chi connectivity index (χ2n) is 5.48. The minimum Gasteiger partial charge on any atom is -0.473 e. The summed E-state index contributed by atoms with van der Waals surface area (Å²) in [5, 5.41) is 5.52. The lowest BCUT2D eigenvalue weighted by Crippen LogP contribution is -2.38. The summed E-state index contributed by atoms with van der Waals surface area (Å²) in [5.74, 6) is 0.749. The van der Waals surface area contributed by atoms with E-state index < -0.39 is 0 Å². The van der Waals surface area contributed by atoms with Gasteiger partial charge in [0, 0.05) is 6.54 Å². The first-order valence-electron chi connectivity index (χ1n) is 7.99. The Labute approximate surface area is 137 Å². The lowest BCUT2D eigenvalue weighted by atomic mass is 10.1. The Kier molecular flexibility index (Phi) is 6.98. The van der Waals surface area contributed by atoms with E-state index in [-0.39, 0.29) is 12.8 Å². The molecule has 0 radical (unpaired) electrons. The zero-order valence-electron chi connectivity index (χ0n) is 13.5.